The van der Waals surface area contributed by atoms with E-state index >= 15 is 0 Å². The number of rotatable bonds is 4. The fourth-order valence-corrected chi connectivity index (χ4v) is 1.83. The Bertz CT molecular complexity index is 783. The van der Waals surface area contributed by atoms with E-state index in [0.29, 0.717) is 23.4 Å². The third-order valence-corrected chi connectivity index (χ3v) is 2.63. The van der Waals surface area contributed by atoms with Gasteiger partial charge in [0.25, 0.3) is 5.78 Å². The lowest BCUT2D eigenvalue weighted by molar-refractivity contribution is -0.114. The maximum atomic E-state index is 11.3. The number of thiol groups is 1. The minimum absolute atomic E-state index is 0.210. The van der Waals surface area contributed by atoms with Crippen LogP contribution in [0.2, 0.25) is 0 Å². The van der Waals surface area contributed by atoms with Crippen molar-refractivity contribution in [2.45, 2.75) is 6.92 Å². The Morgan fingerprint density at radius 1 is 1.43 bits per heavy atom. The highest BCUT2D eigenvalue weighted by Gasteiger charge is 2.15. The van der Waals surface area contributed by atoms with Crippen molar-refractivity contribution in [2.75, 3.05) is 16.5 Å². The van der Waals surface area contributed by atoms with E-state index in [-0.39, 0.29) is 17.6 Å². The predicted molar refractivity (Wildman–Crippen MR) is 78.1 cm³/mol. The number of hydrogen-bond acceptors (Lipinski definition) is 8. The molecule has 0 aliphatic heterocycles. The summed E-state index contributed by atoms with van der Waals surface area (Å²) in [5, 5.41) is 9.66. The van der Waals surface area contributed by atoms with Crippen LogP contribution >= 0.6 is 12.6 Å². The van der Waals surface area contributed by atoms with Crippen molar-refractivity contribution < 1.29 is 9.21 Å². The highest BCUT2D eigenvalue weighted by molar-refractivity contribution is 7.80. The zero-order valence-corrected chi connectivity index (χ0v) is 11.8. The summed E-state index contributed by atoms with van der Waals surface area (Å²) in [6, 6.07) is 3.46. The van der Waals surface area contributed by atoms with E-state index in [4.69, 9.17) is 4.42 Å². The number of nitrogens with zero attached hydrogens (tertiary/aromatic N) is 5. The molecule has 0 saturated heterocycles. The molecule has 9 nitrogen and oxygen atoms in total. The number of aromatic nitrogens is 5. The van der Waals surface area contributed by atoms with Crippen LogP contribution in [0.25, 0.3) is 17.4 Å². The average molecular weight is 305 g/mol. The molecule has 3 aromatic rings. The van der Waals surface area contributed by atoms with Gasteiger partial charge in [0.05, 0.1) is 12.1 Å². The highest BCUT2D eigenvalue weighted by Crippen LogP contribution is 2.18. The first-order valence-electron chi connectivity index (χ1n) is 5.98. The van der Waals surface area contributed by atoms with Crippen LogP contribution in [-0.4, -0.2) is 36.3 Å². The van der Waals surface area contributed by atoms with Crippen LogP contribution in [0.4, 0.5) is 11.9 Å². The number of anilines is 2. The second-order valence-corrected chi connectivity index (χ2v) is 4.33. The van der Waals surface area contributed by atoms with Gasteiger partial charge in [-0.2, -0.15) is 32.1 Å². The molecule has 0 fully saturated rings. The minimum atomic E-state index is -0.276. The van der Waals surface area contributed by atoms with Crippen molar-refractivity contribution in [1.82, 2.24) is 24.6 Å². The Morgan fingerprint density at radius 3 is 2.95 bits per heavy atom. The number of carbonyl (C=O) groups is 1. The molecule has 0 spiro atoms. The highest BCUT2D eigenvalue weighted by atomic mass is 32.1. The van der Waals surface area contributed by atoms with Crippen LogP contribution in [0.3, 0.4) is 0 Å². The lowest BCUT2D eigenvalue weighted by Crippen LogP contribution is -2.15. The zero-order valence-electron chi connectivity index (χ0n) is 10.9. The first-order chi connectivity index (χ1) is 10.2. The second kappa shape index (κ2) is 5.40. The number of hydrogen-bond donors (Lipinski definition) is 3. The molecular formula is C11H11N7O2S. The van der Waals surface area contributed by atoms with Gasteiger partial charge in [-0.3, -0.25) is 10.1 Å². The average Bonchev–Trinajstić information content (AvgIpc) is 3.06. The molecule has 0 radical (unpaired) electrons. The maximum absolute atomic E-state index is 11.3. The topological polar surface area (TPSA) is 110 Å². The molecule has 0 bridgehead atoms. The number of amides is 1. The third-order valence-electron chi connectivity index (χ3n) is 2.47. The van der Waals surface area contributed by atoms with Crippen LogP contribution in [-0.2, 0) is 4.79 Å². The van der Waals surface area contributed by atoms with Gasteiger partial charge in [-0.05, 0) is 12.1 Å². The monoisotopic (exact) mass is 305 g/mol. The van der Waals surface area contributed by atoms with Crippen molar-refractivity contribution in [3.63, 3.8) is 0 Å². The van der Waals surface area contributed by atoms with E-state index in [9.17, 15) is 4.79 Å². The third kappa shape index (κ3) is 2.65. The molecule has 10 heteroatoms. The fraction of sp³-hybridized carbons (Fsp3) is 0.182. The summed E-state index contributed by atoms with van der Waals surface area (Å²) in [7, 11) is 0. The van der Waals surface area contributed by atoms with Crippen LogP contribution in [0.1, 0.15) is 6.92 Å². The van der Waals surface area contributed by atoms with Crippen molar-refractivity contribution in [3.05, 3.63) is 18.4 Å². The molecule has 3 aromatic heterocycles. The van der Waals surface area contributed by atoms with Gasteiger partial charge in [0.1, 0.15) is 0 Å². The van der Waals surface area contributed by atoms with Gasteiger partial charge in [0.2, 0.25) is 23.6 Å². The molecule has 3 rings (SSSR count). The SMILES string of the molecule is CC(=O)Nc1nc(NCS)nc2nc(-c3ccco3)nn12. The first-order valence-corrected chi connectivity index (χ1v) is 6.61. The van der Waals surface area contributed by atoms with Crippen molar-refractivity contribution >= 4 is 36.2 Å². The summed E-state index contributed by atoms with van der Waals surface area (Å²) in [4.78, 5) is 23.9. The Balaban J connectivity index is 2.14. The summed E-state index contributed by atoms with van der Waals surface area (Å²) in [6.45, 7) is 1.38. The van der Waals surface area contributed by atoms with Gasteiger partial charge in [-0.1, -0.05) is 0 Å². The van der Waals surface area contributed by atoms with Crippen molar-refractivity contribution in [2.24, 2.45) is 0 Å². The number of carbonyl (C=O) groups excluding carboxylic acids is 1. The lowest BCUT2D eigenvalue weighted by atomic mass is 10.4. The molecular weight excluding hydrogens is 294 g/mol. The molecule has 0 saturated carbocycles. The van der Waals surface area contributed by atoms with Crippen LogP contribution < -0.4 is 10.6 Å². The molecule has 3 heterocycles. The normalized spacial score (nSPS) is 10.8. The Hall–Kier alpha value is -2.62. The largest absolute Gasteiger partial charge is 0.461 e. The zero-order chi connectivity index (χ0) is 14.8. The molecule has 0 atom stereocenters. The quantitative estimate of drug-likeness (QED) is 0.488. The summed E-state index contributed by atoms with van der Waals surface area (Å²) in [5.41, 5.74) is 0. The van der Waals surface area contributed by atoms with E-state index in [1.807, 2.05) is 0 Å². The van der Waals surface area contributed by atoms with Crippen LogP contribution in [0.15, 0.2) is 22.8 Å². The minimum Gasteiger partial charge on any atom is -0.461 e. The van der Waals surface area contributed by atoms with E-state index in [1.54, 1.807) is 12.1 Å². The fourth-order valence-electron chi connectivity index (χ4n) is 1.68. The number of nitrogens with one attached hydrogen (secondary N) is 2. The Labute approximate surface area is 124 Å². The molecule has 0 unspecified atom stereocenters. The predicted octanol–water partition coefficient (Wildman–Crippen LogP) is 1.04. The molecule has 108 valence electrons. The van der Waals surface area contributed by atoms with Crippen LogP contribution in [0, 0.1) is 0 Å². The van der Waals surface area contributed by atoms with E-state index in [0.717, 1.165) is 0 Å². The van der Waals surface area contributed by atoms with Crippen molar-refractivity contribution in [1.29, 1.82) is 0 Å². The molecule has 1 amide bonds. The second-order valence-electron chi connectivity index (χ2n) is 4.01. The van der Waals surface area contributed by atoms with E-state index < -0.39 is 0 Å². The summed E-state index contributed by atoms with van der Waals surface area (Å²) < 4.78 is 6.58. The van der Waals surface area contributed by atoms with E-state index in [1.165, 1.54) is 17.7 Å². The van der Waals surface area contributed by atoms with Gasteiger partial charge < -0.3 is 9.73 Å². The standard InChI is InChI=1S/C11H11N7O2S/c1-6(19)13-10-15-9(12-5-21)16-11-14-8(17-18(10)11)7-3-2-4-20-7/h2-4,21H,5H2,1H3,(H2,12,13,14,15,16,17,19). The number of furan rings is 1. The molecule has 0 aliphatic carbocycles. The van der Waals surface area contributed by atoms with Gasteiger partial charge >= 0.3 is 0 Å². The number of fused-ring (bicyclic) bond motifs is 1. The summed E-state index contributed by atoms with van der Waals surface area (Å²) in [6.07, 6.45) is 1.52. The lowest BCUT2D eigenvalue weighted by Gasteiger charge is -2.05. The van der Waals surface area contributed by atoms with Crippen LogP contribution in [0.5, 0.6) is 0 Å². The molecule has 0 aliphatic rings. The summed E-state index contributed by atoms with van der Waals surface area (Å²) in [5.74, 6) is 1.70. The summed E-state index contributed by atoms with van der Waals surface area (Å²) >= 11 is 4.05. The van der Waals surface area contributed by atoms with Gasteiger partial charge in [-0.15, -0.1) is 5.10 Å². The smallest absolute Gasteiger partial charge is 0.259 e. The molecule has 0 aromatic carbocycles. The maximum Gasteiger partial charge on any atom is 0.259 e. The van der Waals surface area contributed by atoms with Gasteiger partial charge in [-0.25, -0.2) is 0 Å². The van der Waals surface area contributed by atoms with Crippen molar-refractivity contribution in [3.8, 4) is 11.6 Å². The van der Waals surface area contributed by atoms with E-state index in [2.05, 4.69) is 43.3 Å². The van der Waals surface area contributed by atoms with Gasteiger partial charge in [0.15, 0.2) is 5.76 Å². The Kier molecular flexibility index (Phi) is 3.44. The molecule has 2 N–H and O–H groups in total. The first kappa shape index (κ1) is 13.4. The van der Waals surface area contributed by atoms with Gasteiger partial charge in [0, 0.05) is 6.92 Å². The molecule has 21 heavy (non-hydrogen) atoms. The Morgan fingerprint density at radius 2 is 2.29 bits per heavy atom.